The van der Waals surface area contributed by atoms with Crippen LogP contribution in [0.1, 0.15) is 109 Å². The molecule has 0 heterocycles. The molecule has 2 aliphatic rings. The molecule has 6 atom stereocenters. The van der Waals surface area contributed by atoms with Gasteiger partial charge in [-0.15, -0.1) is 0 Å². The first-order valence-corrected chi connectivity index (χ1v) is 17.2. The molecule has 0 aromatic heterocycles. The summed E-state index contributed by atoms with van der Waals surface area (Å²) in [5, 5.41) is 9.49. The Morgan fingerprint density at radius 3 is 2.34 bits per heavy atom. The Morgan fingerprint density at radius 1 is 1.09 bits per heavy atom. The van der Waals surface area contributed by atoms with Gasteiger partial charge in [0, 0.05) is 6.10 Å². The minimum atomic E-state index is -1.58. The first-order chi connectivity index (χ1) is 16.7. The third-order valence-electron chi connectivity index (χ3n) is 10.3. The Bertz CT molecular complexity index is 794. The lowest BCUT2D eigenvalue weighted by Gasteiger charge is -2.49. The third-order valence-corrected chi connectivity index (χ3v) is 15.0. The average Bonchev–Trinajstić information content (AvgIpc) is 3.20. The van der Waals surface area contributed by atoms with E-state index in [2.05, 4.69) is 65.8 Å². The summed E-state index contributed by atoms with van der Waals surface area (Å²) in [4.78, 5) is 11.5. The van der Waals surface area contributed by atoms with E-state index in [1.165, 1.54) is 67.8 Å². The molecule has 3 nitrogen and oxygen atoms in total. The van der Waals surface area contributed by atoms with Crippen LogP contribution in [0.15, 0.2) is 24.3 Å². The molecular weight excluding hydrogens is 448 g/mol. The molecule has 2 saturated carbocycles. The minimum Gasteiger partial charge on any atom is -0.481 e. The van der Waals surface area contributed by atoms with Gasteiger partial charge in [0.15, 0.2) is 8.32 Å². The maximum atomic E-state index is 11.5. The molecule has 0 spiro atoms. The number of hydrogen-bond acceptors (Lipinski definition) is 2. The Morgan fingerprint density at radius 2 is 1.74 bits per heavy atom. The minimum absolute atomic E-state index is 0.120. The normalized spacial score (nSPS) is 28.5. The second kappa shape index (κ2) is 12.4. The zero-order chi connectivity index (χ0) is 25.6. The lowest BCUT2D eigenvalue weighted by Crippen LogP contribution is -2.48. The van der Waals surface area contributed by atoms with Crippen LogP contribution in [0, 0.1) is 30.1 Å². The van der Waals surface area contributed by atoms with E-state index in [1.807, 2.05) is 0 Å². The zero-order valence-corrected chi connectivity index (χ0v) is 24.4. The molecule has 1 aromatic carbocycles. The number of aliphatic carboxylic acids is 1. The van der Waals surface area contributed by atoms with Crippen molar-refractivity contribution in [3.8, 4) is 0 Å². The predicted octanol–water partition coefficient (Wildman–Crippen LogP) is 8.97. The maximum Gasteiger partial charge on any atom is 0.303 e. The van der Waals surface area contributed by atoms with E-state index in [1.54, 1.807) is 0 Å². The van der Waals surface area contributed by atoms with Crippen LogP contribution in [0.4, 0.5) is 0 Å². The van der Waals surface area contributed by atoms with Crippen molar-refractivity contribution in [2.75, 3.05) is 0 Å². The SMILES string of the molecule is CC[Si](CC)(CC)O[C@@H]1CCC[C@@]2(C)C(C(C)CCC[C@@H](CC(=O)O)c3ccc(C)cc3)CC[C@H]12. The third kappa shape index (κ3) is 6.60. The van der Waals surface area contributed by atoms with Gasteiger partial charge in [-0.1, -0.05) is 83.7 Å². The van der Waals surface area contributed by atoms with E-state index >= 15 is 0 Å². The van der Waals surface area contributed by atoms with Gasteiger partial charge in [-0.2, -0.15) is 0 Å². The van der Waals surface area contributed by atoms with Gasteiger partial charge in [-0.3, -0.25) is 4.79 Å². The number of carboxylic acids is 1. The molecule has 2 unspecified atom stereocenters. The van der Waals surface area contributed by atoms with Crippen molar-refractivity contribution in [2.24, 2.45) is 23.2 Å². The van der Waals surface area contributed by atoms with Crippen LogP contribution in [0.3, 0.4) is 0 Å². The van der Waals surface area contributed by atoms with E-state index < -0.39 is 14.3 Å². The summed E-state index contributed by atoms with van der Waals surface area (Å²) in [6.45, 7) is 14.2. The molecule has 1 N–H and O–H groups in total. The standard InChI is InChI=1S/C31H52O3Si/c1-7-35(8-2,9-3)34-29-14-11-21-31(6)27(19-20-28(29)31)24(5)12-10-13-26(22-30(32)33)25-17-15-23(4)16-18-25/h15-18,24,26-29H,7-14,19-22H2,1-6H3,(H,32,33)/t24?,26-,27?,28+,29+,31-/m0/s1. The van der Waals surface area contributed by atoms with Crippen molar-refractivity contribution < 1.29 is 14.3 Å². The lowest BCUT2D eigenvalue weighted by atomic mass is 9.61. The second-order valence-electron chi connectivity index (χ2n) is 12.2. The Hall–Kier alpha value is -1.13. The summed E-state index contributed by atoms with van der Waals surface area (Å²) in [6, 6.07) is 12.2. The number of rotatable bonds is 13. The summed E-state index contributed by atoms with van der Waals surface area (Å²) in [6.07, 6.45) is 10.6. The number of aryl methyl sites for hydroxylation is 1. The summed E-state index contributed by atoms with van der Waals surface area (Å²) in [5.74, 6) is 1.63. The molecule has 0 amide bonds. The van der Waals surface area contributed by atoms with Crippen molar-refractivity contribution >= 4 is 14.3 Å². The fraction of sp³-hybridized carbons (Fsp3) is 0.774. The van der Waals surface area contributed by atoms with Gasteiger partial charge in [-0.05, 0) is 91.8 Å². The van der Waals surface area contributed by atoms with Gasteiger partial charge in [0.25, 0.3) is 0 Å². The Kier molecular flexibility index (Phi) is 10.1. The van der Waals surface area contributed by atoms with E-state index in [0.29, 0.717) is 17.4 Å². The van der Waals surface area contributed by atoms with Crippen LogP contribution >= 0.6 is 0 Å². The monoisotopic (exact) mass is 500 g/mol. The van der Waals surface area contributed by atoms with Crippen LogP contribution in [0.5, 0.6) is 0 Å². The summed E-state index contributed by atoms with van der Waals surface area (Å²) < 4.78 is 7.12. The molecule has 2 fully saturated rings. The molecule has 198 valence electrons. The second-order valence-corrected chi connectivity index (χ2v) is 16.9. The molecule has 0 aliphatic heterocycles. The predicted molar refractivity (Wildman–Crippen MR) is 149 cm³/mol. The van der Waals surface area contributed by atoms with Gasteiger partial charge < -0.3 is 9.53 Å². The number of carboxylic acid groups (broad SMARTS) is 1. The molecule has 2 aliphatic carbocycles. The van der Waals surface area contributed by atoms with Gasteiger partial charge in [0.1, 0.15) is 0 Å². The smallest absolute Gasteiger partial charge is 0.303 e. The molecule has 3 rings (SSSR count). The van der Waals surface area contributed by atoms with Crippen LogP contribution in [0.2, 0.25) is 18.1 Å². The van der Waals surface area contributed by atoms with Crippen molar-refractivity contribution in [1.29, 1.82) is 0 Å². The largest absolute Gasteiger partial charge is 0.481 e. The van der Waals surface area contributed by atoms with E-state index in [9.17, 15) is 9.90 Å². The van der Waals surface area contributed by atoms with Gasteiger partial charge >= 0.3 is 5.97 Å². The van der Waals surface area contributed by atoms with Crippen LogP contribution < -0.4 is 0 Å². The summed E-state index contributed by atoms with van der Waals surface area (Å²) in [5.41, 5.74) is 2.82. The number of fused-ring (bicyclic) bond motifs is 1. The number of hydrogen-bond donors (Lipinski definition) is 1. The quantitative estimate of drug-likeness (QED) is 0.275. The highest BCUT2D eigenvalue weighted by Gasteiger charge is 2.53. The van der Waals surface area contributed by atoms with Crippen molar-refractivity contribution in [1.82, 2.24) is 0 Å². The lowest BCUT2D eigenvalue weighted by molar-refractivity contribution is -0.137. The molecule has 0 radical (unpaired) electrons. The van der Waals surface area contributed by atoms with E-state index in [0.717, 1.165) is 24.7 Å². The van der Waals surface area contributed by atoms with Crippen molar-refractivity contribution in [2.45, 2.75) is 129 Å². The van der Waals surface area contributed by atoms with Crippen LogP contribution in [0.25, 0.3) is 0 Å². The summed E-state index contributed by atoms with van der Waals surface area (Å²) in [7, 11) is -1.58. The van der Waals surface area contributed by atoms with Crippen molar-refractivity contribution in [3.63, 3.8) is 0 Å². The molecule has 0 saturated heterocycles. The van der Waals surface area contributed by atoms with Crippen LogP contribution in [-0.2, 0) is 9.22 Å². The van der Waals surface area contributed by atoms with Crippen LogP contribution in [-0.4, -0.2) is 25.5 Å². The highest BCUT2D eigenvalue weighted by Crippen LogP contribution is 2.59. The van der Waals surface area contributed by atoms with E-state index in [4.69, 9.17) is 4.43 Å². The molecule has 4 heteroatoms. The first-order valence-electron chi connectivity index (χ1n) is 14.6. The molecule has 35 heavy (non-hydrogen) atoms. The number of carbonyl (C=O) groups is 1. The number of benzene rings is 1. The van der Waals surface area contributed by atoms with Gasteiger partial charge in [0.2, 0.25) is 0 Å². The summed E-state index contributed by atoms with van der Waals surface area (Å²) >= 11 is 0. The van der Waals surface area contributed by atoms with E-state index in [-0.39, 0.29) is 12.3 Å². The molecular formula is C31H52O3Si. The highest BCUT2D eigenvalue weighted by atomic mass is 28.4. The fourth-order valence-corrected chi connectivity index (χ4v) is 10.8. The Balaban J connectivity index is 1.62. The topological polar surface area (TPSA) is 46.5 Å². The fourth-order valence-electron chi connectivity index (χ4n) is 7.88. The zero-order valence-electron chi connectivity index (χ0n) is 23.4. The average molecular weight is 501 g/mol. The highest BCUT2D eigenvalue weighted by molar-refractivity contribution is 6.73. The van der Waals surface area contributed by atoms with Gasteiger partial charge in [0.05, 0.1) is 6.42 Å². The first kappa shape index (κ1) is 28.4. The molecule has 0 bridgehead atoms. The Labute approximate surface area is 216 Å². The van der Waals surface area contributed by atoms with Gasteiger partial charge in [-0.25, -0.2) is 0 Å². The maximum absolute atomic E-state index is 11.5. The molecule has 1 aromatic rings. The van der Waals surface area contributed by atoms with Crippen molar-refractivity contribution in [3.05, 3.63) is 35.4 Å².